The molecule has 4 heteroatoms. The third-order valence-electron chi connectivity index (χ3n) is 9.38. The van der Waals surface area contributed by atoms with Crippen molar-refractivity contribution in [1.82, 2.24) is 9.88 Å². The zero-order chi connectivity index (χ0) is 20.7. The van der Waals surface area contributed by atoms with Gasteiger partial charge in [-0.3, -0.25) is 0 Å². The van der Waals surface area contributed by atoms with Crippen LogP contribution in [0.2, 0.25) is 0 Å². The lowest BCUT2D eigenvalue weighted by atomic mass is 9.48. The van der Waals surface area contributed by atoms with Gasteiger partial charge in [0.25, 0.3) is 0 Å². The fourth-order valence-electron chi connectivity index (χ4n) is 8.03. The van der Waals surface area contributed by atoms with Gasteiger partial charge in [-0.2, -0.15) is 0 Å². The lowest BCUT2D eigenvalue weighted by Gasteiger charge is -2.62. The maximum absolute atomic E-state index is 12.7. The molecule has 0 radical (unpaired) electrons. The Morgan fingerprint density at radius 1 is 1.13 bits per heavy atom. The second-order valence-electron chi connectivity index (χ2n) is 10.5. The lowest BCUT2D eigenvalue weighted by molar-refractivity contribution is -0.168. The molecule has 1 N–H and O–H groups in total. The summed E-state index contributed by atoms with van der Waals surface area (Å²) in [5, 5.41) is 14.0. The van der Waals surface area contributed by atoms with Gasteiger partial charge in [0.05, 0.1) is 22.2 Å². The number of fused-ring (bicyclic) bond motifs is 3. The highest BCUT2D eigenvalue weighted by molar-refractivity contribution is 5.89. The maximum atomic E-state index is 12.7. The van der Waals surface area contributed by atoms with E-state index in [0.717, 1.165) is 49.2 Å². The van der Waals surface area contributed by atoms with Crippen LogP contribution >= 0.6 is 0 Å². The molecule has 4 nitrogen and oxygen atoms in total. The number of nitrogens with zero attached hydrogens (tertiary/aromatic N) is 2. The third-order valence-corrected chi connectivity index (χ3v) is 9.38. The average molecular weight is 411 g/mol. The number of ether oxygens (including phenoxy) is 1. The summed E-state index contributed by atoms with van der Waals surface area (Å²) in [5.41, 5.74) is 8.91. The molecule has 1 fully saturated rings. The highest BCUT2D eigenvalue weighted by atomic mass is 16.5. The summed E-state index contributed by atoms with van der Waals surface area (Å²) in [7, 11) is 2.19. The predicted octanol–water partition coefficient (Wildman–Crippen LogP) is 3.56. The van der Waals surface area contributed by atoms with Crippen LogP contribution in [-0.2, 0) is 31.1 Å². The van der Waals surface area contributed by atoms with E-state index in [4.69, 9.17) is 9.72 Å². The molecule has 31 heavy (non-hydrogen) atoms. The smallest absolute Gasteiger partial charge is 0.153 e. The molecule has 8 rings (SSSR count). The number of hydrogen-bond donors (Lipinski definition) is 1. The Labute approximate surface area is 181 Å². The van der Waals surface area contributed by atoms with Crippen LogP contribution in [0.5, 0.6) is 5.75 Å². The molecule has 0 unspecified atom stereocenters. The first-order valence-electron chi connectivity index (χ1n) is 11.7. The van der Waals surface area contributed by atoms with Crippen LogP contribution < -0.4 is 4.74 Å². The Balaban J connectivity index is 1.51. The van der Waals surface area contributed by atoms with Crippen molar-refractivity contribution < 1.29 is 9.84 Å². The van der Waals surface area contributed by atoms with Crippen molar-refractivity contribution in [3.63, 3.8) is 0 Å². The normalized spacial score (nSPS) is 33.9. The van der Waals surface area contributed by atoms with Crippen molar-refractivity contribution in [3.8, 4) is 5.75 Å². The number of hydrogen-bond acceptors (Lipinski definition) is 4. The van der Waals surface area contributed by atoms with E-state index in [2.05, 4.69) is 49.2 Å². The summed E-state index contributed by atoms with van der Waals surface area (Å²) in [5.74, 6) is 1.02. The van der Waals surface area contributed by atoms with E-state index in [1.807, 2.05) is 0 Å². The Kier molecular flexibility index (Phi) is 2.84. The Bertz CT molecular complexity index is 1350. The summed E-state index contributed by atoms with van der Waals surface area (Å²) < 4.78 is 6.86. The quantitative estimate of drug-likeness (QED) is 0.616. The summed E-state index contributed by atoms with van der Waals surface area (Å²) in [6.07, 6.45) is 4.43. The topological polar surface area (TPSA) is 45.6 Å². The Hall–Kier alpha value is -2.43. The molecule has 0 saturated carbocycles. The highest BCUT2D eigenvalue weighted by Gasteiger charge is 2.72. The van der Waals surface area contributed by atoms with Gasteiger partial charge in [-0.25, -0.2) is 4.98 Å². The number of aliphatic hydroxyl groups is 1. The fourth-order valence-corrected chi connectivity index (χ4v) is 8.03. The van der Waals surface area contributed by atoms with E-state index < -0.39 is 11.0 Å². The van der Waals surface area contributed by atoms with Crippen LogP contribution in [0.3, 0.4) is 0 Å². The van der Waals surface area contributed by atoms with Crippen molar-refractivity contribution in [2.75, 3.05) is 13.6 Å². The minimum atomic E-state index is -0.826. The molecular formula is C27H26N2O2. The molecule has 2 aromatic carbocycles. The molecule has 3 heterocycles. The van der Waals surface area contributed by atoms with Gasteiger partial charge in [-0.15, -0.1) is 0 Å². The molecule has 5 aliphatic rings. The van der Waals surface area contributed by atoms with Crippen LogP contribution in [0.4, 0.5) is 0 Å². The van der Waals surface area contributed by atoms with Gasteiger partial charge in [0, 0.05) is 23.4 Å². The molecule has 3 aromatic rings. The van der Waals surface area contributed by atoms with Crippen LogP contribution in [0.1, 0.15) is 51.6 Å². The number of aromatic nitrogens is 1. The first-order valence-corrected chi connectivity index (χ1v) is 11.7. The van der Waals surface area contributed by atoms with Gasteiger partial charge < -0.3 is 14.7 Å². The average Bonchev–Trinajstić information content (AvgIpc) is 3.34. The molecule has 1 spiro atoms. The Morgan fingerprint density at radius 3 is 2.94 bits per heavy atom. The number of likely N-dealkylation sites (tertiary alicyclic amines) is 1. The first kappa shape index (κ1) is 17.2. The zero-order valence-electron chi connectivity index (χ0n) is 18.0. The SMILES string of the molecule is Cc1ccc2c3c1O[C@H]1c4nc5cccc6c5c(c4C[C@@]4(O)[C@H](C2)N(C)CC[C@]314)CC6. The minimum absolute atomic E-state index is 0.112. The van der Waals surface area contributed by atoms with Crippen molar-refractivity contribution in [3.05, 3.63) is 69.4 Å². The molecule has 1 saturated heterocycles. The third kappa shape index (κ3) is 1.68. The summed E-state index contributed by atoms with van der Waals surface area (Å²) >= 11 is 0. The van der Waals surface area contributed by atoms with Gasteiger partial charge in [0.1, 0.15) is 5.75 Å². The van der Waals surface area contributed by atoms with Gasteiger partial charge in [0.15, 0.2) is 6.10 Å². The number of piperidine rings is 1. The molecule has 156 valence electrons. The van der Waals surface area contributed by atoms with E-state index in [9.17, 15) is 5.11 Å². The van der Waals surface area contributed by atoms with E-state index in [1.165, 1.54) is 38.8 Å². The van der Waals surface area contributed by atoms with Crippen LogP contribution in [0.25, 0.3) is 10.9 Å². The predicted molar refractivity (Wildman–Crippen MR) is 119 cm³/mol. The standard InChI is InChI=1S/C27H26N2O2/c1-14-6-7-16-12-20-27(30)13-18-17-9-8-15-4-3-5-19(21(15)17)28-23(18)25-26(27,10-11-29(20)2)22(16)24(14)31-25/h3-7,20,25,30H,8-13H2,1-2H3/t20-,25-,26-,27+/m0/s1. The number of pyridine rings is 1. The molecule has 3 aliphatic carbocycles. The van der Waals surface area contributed by atoms with Crippen LogP contribution in [-0.4, -0.2) is 40.2 Å². The van der Waals surface area contributed by atoms with Gasteiger partial charge >= 0.3 is 0 Å². The molecule has 2 aliphatic heterocycles. The first-order chi connectivity index (χ1) is 15.0. The lowest BCUT2D eigenvalue weighted by Crippen LogP contribution is -2.74. The number of aryl methyl sites for hydroxylation is 3. The largest absolute Gasteiger partial charge is 0.482 e. The summed E-state index contributed by atoms with van der Waals surface area (Å²) in [6, 6.07) is 11.1. The van der Waals surface area contributed by atoms with Crippen LogP contribution in [0, 0.1) is 6.92 Å². The highest BCUT2D eigenvalue weighted by Crippen LogP contribution is 2.68. The fraction of sp³-hybridized carbons (Fsp3) is 0.444. The minimum Gasteiger partial charge on any atom is -0.482 e. The van der Waals surface area contributed by atoms with Crippen molar-refractivity contribution in [2.24, 2.45) is 0 Å². The van der Waals surface area contributed by atoms with Crippen molar-refractivity contribution in [1.29, 1.82) is 0 Å². The molecule has 2 bridgehead atoms. The molecule has 4 atom stereocenters. The molecule has 1 aromatic heterocycles. The number of likely N-dealkylation sites (N-methyl/N-ethyl adjacent to an activating group) is 1. The van der Waals surface area contributed by atoms with Crippen LogP contribution in [0.15, 0.2) is 30.3 Å². The van der Waals surface area contributed by atoms with Crippen molar-refractivity contribution >= 4 is 10.9 Å². The van der Waals surface area contributed by atoms with E-state index >= 15 is 0 Å². The zero-order valence-corrected chi connectivity index (χ0v) is 18.0. The monoisotopic (exact) mass is 410 g/mol. The van der Waals surface area contributed by atoms with E-state index in [0.29, 0.717) is 6.42 Å². The number of benzene rings is 2. The molecule has 0 amide bonds. The summed E-state index contributed by atoms with van der Waals surface area (Å²) in [4.78, 5) is 7.66. The van der Waals surface area contributed by atoms with Gasteiger partial charge in [-0.05, 0) is 80.1 Å². The molecular weight excluding hydrogens is 384 g/mol. The van der Waals surface area contributed by atoms with Gasteiger partial charge in [0.2, 0.25) is 0 Å². The number of rotatable bonds is 0. The Morgan fingerprint density at radius 2 is 2.03 bits per heavy atom. The second kappa shape index (κ2) is 5.13. The summed E-state index contributed by atoms with van der Waals surface area (Å²) in [6.45, 7) is 3.13. The second-order valence-corrected chi connectivity index (χ2v) is 10.5. The van der Waals surface area contributed by atoms with Gasteiger partial charge in [-0.1, -0.05) is 24.3 Å². The van der Waals surface area contributed by atoms with Crippen molar-refractivity contribution in [2.45, 2.75) is 62.2 Å². The maximum Gasteiger partial charge on any atom is 0.153 e. The van der Waals surface area contributed by atoms with E-state index in [1.54, 1.807) is 0 Å². The van der Waals surface area contributed by atoms with E-state index in [-0.39, 0.29) is 12.1 Å².